The number of nitrogens with zero attached hydrogens (tertiary/aromatic N) is 1. The van der Waals surface area contributed by atoms with Crippen molar-refractivity contribution in [2.24, 2.45) is 5.73 Å². The third kappa shape index (κ3) is 2.83. The van der Waals surface area contributed by atoms with E-state index in [9.17, 15) is 14.4 Å². The molecule has 7 nitrogen and oxygen atoms in total. The van der Waals surface area contributed by atoms with E-state index in [2.05, 4.69) is 10.6 Å². The van der Waals surface area contributed by atoms with Crippen LogP contribution in [0.4, 0.5) is 0 Å². The first-order valence-corrected chi connectivity index (χ1v) is 8.79. The van der Waals surface area contributed by atoms with Crippen LogP contribution in [0.1, 0.15) is 47.2 Å². The fraction of sp³-hybridized carbons (Fsp3) is 0.500. The molecule has 25 heavy (non-hydrogen) atoms. The van der Waals surface area contributed by atoms with Gasteiger partial charge in [-0.25, -0.2) is 0 Å². The van der Waals surface area contributed by atoms with Gasteiger partial charge < -0.3 is 16.0 Å². The van der Waals surface area contributed by atoms with Gasteiger partial charge in [0.05, 0.1) is 0 Å². The van der Waals surface area contributed by atoms with Crippen LogP contribution in [0.15, 0.2) is 18.2 Å². The van der Waals surface area contributed by atoms with E-state index in [1.165, 1.54) is 0 Å². The van der Waals surface area contributed by atoms with Crippen LogP contribution < -0.4 is 16.4 Å². The lowest BCUT2D eigenvalue weighted by atomic mass is 9.87. The summed E-state index contributed by atoms with van der Waals surface area (Å²) in [6.45, 7) is 1.01. The molecule has 2 aliphatic heterocycles. The molecule has 1 unspecified atom stereocenters. The topological polar surface area (TPSA) is 105 Å². The van der Waals surface area contributed by atoms with Crippen molar-refractivity contribution in [2.75, 3.05) is 0 Å². The lowest BCUT2D eigenvalue weighted by molar-refractivity contribution is -0.136. The summed E-state index contributed by atoms with van der Waals surface area (Å²) in [4.78, 5) is 38.0. The molecule has 3 amide bonds. The molecule has 1 aromatic rings. The average Bonchev–Trinajstić information content (AvgIpc) is 2.91. The lowest BCUT2D eigenvalue weighted by Crippen LogP contribution is -2.53. The number of carbonyl (C=O) groups excluding carboxylic acids is 3. The Balaban J connectivity index is 1.52. The van der Waals surface area contributed by atoms with Crippen LogP contribution >= 0.6 is 0 Å². The largest absolute Gasteiger partial charge is 0.326 e. The van der Waals surface area contributed by atoms with Crippen molar-refractivity contribution in [2.45, 2.75) is 56.9 Å². The minimum absolute atomic E-state index is 0.125. The quantitative estimate of drug-likeness (QED) is 0.670. The van der Waals surface area contributed by atoms with Crippen LogP contribution in [0.25, 0.3) is 0 Å². The SMILES string of the molecule is N[C@@H]1CC[C@@H]1NCc1cccc2c1C(=O)N(C1CCC(=O)NC1=O)C2. The predicted molar refractivity (Wildman–Crippen MR) is 90.3 cm³/mol. The Kier molecular flexibility index (Phi) is 4.05. The van der Waals surface area contributed by atoms with Crippen LogP contribution in [0, 0.1) is 0 Å². The number of carbonyl (C=O) groups is 3. The second kappa shape index (κ2) is 6.24. The molecule has 0 bridgehead atoms. The maximum absolute atomic E-state index is 12.9. The number of rotatable bonds is 4. The van der Waals surface area contributed by atoms with Crippen LogP contribution in [0.3, 0.4) is 0 Å². The number of nitrogens with one attached hydrogen (secondary N) is 2. The number of hydrogen-bond donors (Lipinski definition) is 3. The van der Waals surface area contributed by atoms with Gasteiger partial charge in [0.1, 0.15) is 6.04 Å². The van der Waals surface area contributed by atoms with Crippen molar-refractivity contribution >= 4 is 17.7 Å². The van der Waals surface area contributed by atoms with Gasteiger partial charge in [-0.2, -0.15) is 0 Å². The summed E-state index contributed by atoms with van der Waals surface area (Å²) in [5, 5.41) is 5.76. The van der Waals surface area contributed by atoms with Crippen molar-refractivity contribution in [1.29, 1.82) is 0 Å². The number of fused-ring (bicyclic) bond motifs is 1. The highest BCUT2D eigenvalue weighted by atomic mass is 16.2. The first kappa shape index (κ1) is 16.2. The minimum atomic E-state index is -0.571. The molecule has 1 aromatic carbocycles. The molecule has 4 N–H and O–H groups in total. The van der Waals surface area contributed by atoms with Crippen LogP contribution in [0.2, 0.25) is 0 Å². The molecule has 2 fully saturated rings. The molecule has 1 aliphatic carbocycles. The van der Waals surface area contributed by atoms with Gasteiger partial charge in [0.15, 0.2) is 0 Å². The summed E-state index contributed by atoms with van der Waals surface area (Å²) in [7, 11) is 0. The van der Waals surface area contributed by atoms with Gasteiger partial charge in [-0.1, -0.05) is 18.2 Å². The molecule has 7 heteroatoms. The fourth-order valence-corrected chi connectivity index (χ4v) is 3.86. The summed E-state index contributed by atoms with van der Waals surface area (Å²) in [5.41, 5.74) is 8.53. The molecule has 4 rings (SSSR count). The van der Waals surface area contributed by atoms with E-state index in [0.717, 1.165) is 24.0 Å². The molecular weight excluding hydrogens is 320 g/mol. The molecule has 2 heterocycles. The van der Waals surface area contributed by atoms with Gasteiger partial charge >= 0.3 is 0 Å². The summed E-state index contributed by atoms with van der Waals surface area (Å²) in [5.74, 6) is -0.774. The average molecular weight is 342 g/mol. The zero-order valence-electron chi connectivity index (χ0n) is 14.0. The van der Waals surface area contributed by atoms with Crippen LogP contribution in [-0.2, 0) is 22.7 Å². The van der Waals surface area contributed by atoms with E-state index in [1.54, 1.807) is 4.90 Å². The number of nitrogens with two attached hydrogens (primary N) is 1. The first-order chi connectivity index (χ1) is 12.0. The molecule has 1 saturated carbocycles. The summed E-state index contributed by atoms with van der Waals surface area (Å²) < 4.78 is 0. The fourth-order valence-electron chi connectivity index (χ4n) is 3.86. The Morgan fingerprint density at radius 3 is 2.72 bits per heavy atom. The van der Waals surface area contributed by atoms with Gasteiger partial charge in [0, 0.05) is 37.2 Å². The van der Waals surface area contributed by atoms with E-state index in [1.807, 2.05) is 18.2 Å². The van der Waals surface area contributed by atoms with E-state index in [4.69, 9.17) is 5.73 Å². The van der Waals surface area contributed by atoms with E-state index >= 15 is 0 Å². The van der Waals surface area contributed by atoms with Crippen molar-refractivity contribution in [3.05, 3.63) is 34.9 Å². The molecular formula is C18H22N4O3. The number of piperidine rings is 1. The van der Waals surface area contributed by atoms with Crippen molar-refractivity contribution < 1.29 is 14.4 Å². The number of benzene rings is 1. The van der Waals surface area contributed by atoms with Crippen molar-refractivity contribution in [3.8, 4) is 0 Å². The van der Waals surface area contributed by atoms with Crippen LogP contribution in [0.5, 0.6) is 0 Å². The number of amides is 3. The zero-order chi connectivity index (χ0) is 17.6. The third-order valence-electron chi connectivity index (χ3n) is 5.52. The number of imide groups is 1. The summed E-state index contributed by atoms with van der Waals surface area (Å²) in [6.07, 6.45) is 2.75. The maximum atomic E-state index is 12.9. The van der Waals surface area contributed by atoms with Gasteiger partial charge in [-0.15, -0.1) is 0 Å². The van der Waals surface area contributed by atoms with Gasteiger partial charge in [0.25, 0.3) is 5.91 Å². The second-order valence-corrected chi connectivity index (χ2v) is 7.08. The minimum Gasteiger partial charge on any atom is -0.326 e. The van der Waals surface area contributed by atoms with Crippen molar-refractivity contribution in [3.63, 3.8) is 0 Å². The highest BCUT2D eigenvalue weighted by molar-refractivity contribution is 6.05. The first-order valence-electron chi connectivity index (χ1n) is 8.79. The molecule has 132 valence electrons. The Bertz CT molecular complexity index is 748. The molecule has 3 aliphatic rings. The van der Waals surface area contributed by atoms with Gasteiger partial charge in [-0.05, 0) is 30.4 Å². The monoisotopic (exact) mass is 342 g/mol. The summed E-state index contributed by atoms with van der Waals surface area (Å²) in [6, 6.07) is 5.74. The molecule has 1 saturated heterocycles. The molecule has 0 aromatic heterocycles. The van der Waals surface area contributed by atoms with Crippen molar-refractivity contribution in [1.82, 2.24) is 15.5 Å². The Morgan fingerprint density at radius 2 is 2.04 bits per heavy atom. The highest BCUT2D eigenvalue weighted by Crippen LogP contribution is 2.30. The van der Waals surface area contributed by atoms with E-state index < -0.39 is 6.04 Å². The zero-order valence-corrected chi connectivity index (χ0v) is 14.0. The molecule has 3 atom stereocenters. The van der Waals surface area contributed by atoms with Gasteiger partial charge in [0.2, 0.25) is 11.8 Å². The van der Waals surface area contributed by atoms with E-state index in [-0.39, 0.29) is 30.2 Å². The Labute approximate surface area is 145 Å². The second-order valence-electron chi connectivity index (χ2n) is 7.08. The standard InChI is InChI=1S/C18H22N4O3/c19-12-4-5-13(12)20-8-10-2-1-3-11-9-22(18(25)16(10)11)14-6-7-15(23)21-17(14)24/h1-3,12-14,20H,4-9,19H2,(H,21,23,24)/t12-,13+,14?/m1/s1. The molecule has 0 radical (unpaired) electrons. The third-order valence-corrected chi connectivity index (χ3v) is 5.52. The highest BCUT2D eigenvalue weighted by Gasteiger charge is 2.40. The van der Waals surface area contributed by atoms with Gasteiger partial charge in [-0.3, -0.25) is 19.7 Å². The molecule has 0 spiro atoms. The Morgan fingerprint density at radius 1 is 1.20 bits per heavy atom. The smallest absolute Gasteiger partial charge is 0.255 e. The van der Waals surface area contributed by atoms with E-state index in [0.29, 0.717) is 31.1 Å². The normalized spacial score (nSPS) is 28.6. The summed E-state index contributed by atoms with van der Waals surface area (Å²) >= 11 is 0. The Hall–Kier alpha value is -2.25. The maximum Gasteiger partial charge on any atom is 0.255 e. The van der Waals surface area contributed by atoms with Crippen LogP contribution in [-0.4, -0.2) is 40.7 Å². The lowest BCUT2D eigenvalue weighted by Gasteiger charge is -2.34. The predicted octanol–water partition coefficient (Wildman–Crippen LogP) is 0.0269. The number of hydrogen-bond acceptors (Lipinski definition) is 5.